The van der Waals surface area contributed by atoms with Gasteiger partial charge in [0.05, 0.1) is 12.5 Å². The van der Waals surface area contributed by atoms with Crippen LogP contribution < -0.4 is 0 Å². The number of carboxylic acid groups (broad SMARTS) is 1. The van der Waals surface area contributed by atoms with Gasteiger partial charge in [0.1, 0.15) is 0 Å². The normalized spacial score (nSPS) is 19.9. The molecule has 1 atom stereocenters. The zero-order valence-electron chi connectivity index (χ0n) is 6.53. The fraction of sp³-hybridized carbons (Fsp3) is 0.500. The lowest BCUT2D eigenvalue weighted by molar-refractivity contribution is -0.141. The first kappa shape index (κ1) is 10.5. The third-order valence-electron chi connectivity index (χ3n) is 1.41. The second-order valence-electron chi connectivity index (χ2n) is 2.17. The molecule has 4 heteroatoms. The minimum Gasteiger partial charge on any atom is -0.483 e. The highest BCUT2D eigenvalue weighted by molar-refractivity contribution is 5.74. The van der Waals surface area contributed by atoms with Gasteiger partial charge in [-0.3, -0.25) is 9.59 Å². The Morgan fingerprint density at radius 2 is 2.42 bits per heavy atom. The molecule has 1 aliphatic heterocycles. The lowest BCUT2D eigenvalue weighted by Crippen LogP contribution is -2.05. The number of hydrogen-bond donors (Lipinski definition) is 1. The Balaban J connectivity index is 0.000000354. The molecule has 0 unspecified atom stereocenters. The third-order valence-corrected chi connectivity index (χ3v) is 1.41. The van der Waals surface area contributed by atoms with Gasteiger partial charge in [-0.05, 0) is 6.42 Å². The second kappa shape index (κ2) is 6.23. The van der Waals surface area contributed by atoms with E-state index in [9.17, 15) is 4.79 Å². The Bertz CT molecular complexity index is 192. The average Bonchev–Trinajstić information content (AvgIpc) is 2.39. The van der Waals surface area contributed by atoms with E-state index in [1.54, 1.807) is 0 Å². The minimum atomic E-state index is -0.250. The Hall–Kier alpha value is -1.50. The molecule has 1 rings (SSSR count). The summed E-state index contributed by atoms with van der Waals surface area (Å²) >= 11 is 0. The molecule has 1 aliphatic rings. The molecule has 1 fully saturated rings. The van der Waals surface area contributed by atoms with Crippen molar-refractivity contribution in [3.8, 4) is 12.3 Å². The lowest BCUT2D eigenvalue weighted by Gasteiger charge is -1.95. The van der Waals surface area contributed by atoms with Gasteiger partial charge in [0.15, 0.2) is 0 Å². The highest BCUT2D eigenvalue weighted by Gasteiger charge is 2.24. The summed E-state index contributed by atoms with van der Waals surface area (Å²) in [5, 5.41) is 6.89. The monoisotopic (exact) mass is 170 g/mol. The molecule has 12 heavy (non-hydrogen) atoms. The van der Waals surface area contributed by atoms with Gasteiger partial charge in [-0.25, -0.2) is 0 Å². The highest BCUT2D eigenvalue weighted by atomic mass is 16.5. The van der Waals surface area contributed by atoms with Crippen LogP contribution in [0, 0.1) is 18.3 Å². The van der Waals surface area contributed by atoms with Crippen LogP contribution in [0.4, 0.5) is 0 Å². The first-order chi connectivity index (χ1) is 5.76. The summed E-state index contributed by atoms with van der Waals surface area (Å²) in [6.07, 6.45) is 6.33. The molecular formula is C8H10O4. The number of cyclic esters (lactones) is 1. The maximum absolute atomic E-state index is 10.6. The van der Waals surface area contributed by atoms with E-state index in [0.29, 0.717) is 13.0 Å². The van der Waals surface area contributed by atoms with Crippen LogP contribution in [0.2, 0.25) is 0 Å². The molecule has 0 aliphatic carbocycles. The molecule has 0 bridgehead atoms. The fourth-order valence-corrected chi connectivity index (χ4v) is 0.865. The molecule has 1 N–H and O–H groups in total. The van der Waals surface area contributed by atoms with E-state index in [0.717, 1.165) is 6.42 Å². The number of terminal acetylenes is 1. The summed E-state index contributed by atoms with van der Waals surface area (Å²) in [4.78, 5) is 19.0. The Morgan fingerprint density at radius 3 is 2.75 bits per heavy atom. The van der Waals surface area contributed by atoms with Crippen LogP contribution in [0.3, 0.4) is 0 Å². The summed E-state index contributed by atoms with van der Waals surface area (Å²) in [6.45, 7) is 0.297. The van der Waals surface area contributed by atoms with Crippen molar-refractivity contribution in [1.29, 1.82) is 0 Å². The number of carbonyl (C=O) groups excluding carboxylic acids is 1. The highest BCUT2D eigenvalue weighted by Crippen LogP contribution is 2.16. The molecule has 0 aromatic heterocycles. The molecule has 66 valence electrons. The van der Waals surface area contributed by atoms with E-state index < -0.39 is 0 Å². The smallest absolute Gasteiger partial charge is 0.310 e. The lowest BCUT2D eigenvalue weighted by atomic mass is 10.1. The first-order valence-corrected chi connectivity index (χ1v) is 3.44. The Labute approximate surface area is 70.5 Å². The van der Waals surface area contributed by atoms with Crippen molar-refractivity contribution in [2.24, 2.45) is 5.92 Å². The number of esters is 1. The van der Waals surface area contributed by atoms with Crippen LogP contribution in [0.1, 0.15) is 12.8 Å². The summed E-state index contributed by atoms with van der Waals surface area (Å²) in [5.74, 6) is 2.29. The largest absolute Gasteiger partial charge is 0.483 e. The van der Waals surface area contributed by atoms with E-state index in [4.69, 9.17) is 16.3 Å². The SMILES string of the molecule is C#CC[C@@H]1CCOC1=O.O=CO. The number of rotatable bonds is 1. The van der Waals surface area contributed by atoms with Crippen LogP contribution in [-0.4, -0.2) is 24.2 Å². The van der Waals surface area contributed by atoms with Gasteiger partial charge in [-0.15, -0.1) is 12.3 Å². The zero-order chi connectivity index (χ0) is 9.40. The summed E-state index contributed by atoms with van der Waals surface area (Å²) in [5.41, 5.74) is 0. The van der Waals surface area contributed by atoms with E-state index in [1.165, 1.54) is 0 Å². The molecule has 0 aromatic rings. The second-order valence-corrected chi connectivity index (χ2v) is 2.17. The summed E-state index contributed by atoms with van der Waals surface area (Å²) in [7, 11) is 0. The Morgan fingerprint density at radius 1 is 1.83 bits per heavy atom. The standard InChI is InChI=1S/C7H8O2.CH2O2/c1-2-3-6-4-5-9-7(6)8;2-1-3/h1,6H,3-5H2;1H,(H,2,3)/t6-;/m1./s1. The van der Waals surface area contributed by atoms with E-state index in [-0.39, 0.29) is 18.4 Å². The quantitative estimate of drug-likeness (QED) is 0.348. The van der Waals surface area contributed by atoms with Gasteiger partial charge in [-0.2, -0.15) is 0 Å². The van der Waals surface area contributed by atoms with Gasteiger partial charge in [0.2, 0.25) is 0 Å². The molecule has 0 saturated carbocycles. The predicted molar refractivity (Wildman–Crippen MR) is 41.2 cm³/mol. The molecular weight excluding hydrogens is 160 g/mol. The third kappa shape index (κ3) is 3.62. The summed E-state index contributed by atoms with van der Waals surface area (Å²) in [6, 6.07) is 0. The van der Waals surface area contributed by atoms with Crippen molar-refractivity contribution in [3.63, 3.8) is 0 Å². The zero-order valence-corrected chi connectivity index (χ0v) is 6.53. The van der Waals surface area contributed by atoms with E-state index in [2.05, 4.69) is 10.7 Å². The molecule has 1 heterocycles. The molecule has 0 aromatic carbocycles. The van der Waals surface area contributed by atoms with Crippen LogP contribution in [0.5, 0.6) is 0 Å². The molecule has 0 amide bonds. The number of hydrogen-bond acceptors (Lipinski definition) is 3. The van der Waals surface area contributed by atoms with Crippen molar-refractivity contribution in [2.45, 2.75) is 12.8 Å². The van der Waals surface area contributed by atoms with Crippen LogP contribution in [0.15, 0.2) is 0 Å². The van der Waals surface area contributed by atoms with Gasteiger partial charge in [-0.1, -0.05) is 0 Å². The van der Waals surface area contributed by atoms with Gasteiger partial charge in [0.25, 0.3) is 6.47 Å². The van der Waals surface area contributed by atoms with Crippen molar-refractivity contribution in [3.05, 3.63) is 0 Å². The van der Waals surface area contributed by atoms with E-state index in [1.807, 2.05) is 0 Å². The fourth-order valence-electron chi connectivity index (χ4n) is 0.865. The number of carbonyl (C=O) groups is 2. The molecule has 1 saturated heterocycles. The van der Waals surface area contributed by atoms with E-state index >= 15 is 0 Å². The van der Waals surface area contributed by atoms with Crippen molar-refractivity contribution in [2.75, 3.05) is 6.61 Å². The van der Waals surface area contributed by atoms with Crippen molar-refractivity contribution >= 4 is 12.4 Å². The number of ether oxygens (including phenoxy) is 1. The topological polar surface area (TPSA) is 63.6 Å². The molecule has 0 spiro atoms. The Kier molecular flexibility index (Phi) is 5.45. The van der Waals surface area contributed by atoms with Crippen LogP contribution in [-0.2, 0) is 14.3 Å². The molecule has 4 nitrogen and oxygen atoms in total. The average molecular weight is 170 g/mol. The van der Waals surface area contributed by atoms with Gasteiger partial charge < -0.3 is 9.84 Å². The summed E-state index contributed by atoms with van der Waals surface area (Å²) < 4.78 is 4.68. The van der Waals surface area contributed by atoms with Crippen molar-refractivity contribution in [1.82, 2.24) is 0 Å². The van der Waals surface area contributed by atoms with Crippen LogP contribution in [0.25, 0.3) is 0 Å². The minimum absolute atomic E-state index is 0.0185. The molecule has 0 radical (unpaired) electrons. The van der Waals surface area contributed by atoms with Crippen molar-refractivity contribution < 1.29 is 19.4 Å². The van der Waals surface area contributed by atoms with Gasteiger partial charge >= 0.3 is 5.97 Å². The van der Waals surface area contributed by atoms with Gasteiger partial charge in [0, 0.05) is 6.42 Å². The first-order valence-electron chi connectivity index (χ1n) is 3.44. The predicted octanol–water partition coefficient (Wildman–Crippen LogP) is 0.274. The maximum Gasteiger partial charge on any atom is 0.310 e. The maximum atomic E-state index is 10.6. The van der Waals surface area contributed by atoms with Crippen LogP contribution >= 0.6 is 0 Å².